The molecule has 0 bridgehead atoms. The van der Waals surface area contributed by atoms with Gasteiger partial charge < -0.3 is 5.11 Å². The average Bonchev–Trinajstić information content (AvgIpc) is 2.95. The highest BCUT2D eigenvalue weighted by atomic mass is 16.4. The largest absolute Gasteiger partial charge is 0.476 e. The van der Waals surface area contributed by atoms with Crippen molar-refractivity contribution < 1.29 is 9.90 Å². The second-order valence-electron chi connectivity index (χ2n) is 4.59. The van der Waals surface area contributed by atoms with Gasteiger partial charge in [-0.25, -0.2) is 9.48 Å². The van der Waals surface area contributed by atoms with E-state index in [-0.39, 0.29) is 11.6 Å². The molecule has 0 amide bonds. The van der Waals surface area contributed by atoms with E-state index in [1.807, 2.05) is 20.2 Å². The van der Waals surface area contributed by atoms with Crippen LogP contribution in [-0.2, 0) is 7.05 Å². The molecule has 2 aromatic rings. The standard InChI is InChI=1S/C11H13N5O2/c1-6-8(5-15(2)13-6)16-10(7-3-4-7)9(11(17)18)12-14-16/h5,7H,3-4H2,1-2H3,(H,17,18). The molecule has 18 heavy (non-hydrogen) atoms. The van der Waals surface area contributed by atoms with Gasteiger partial charge in [-0.05, 0) is 19.8 Å². The number of carboxylic acids is 1. The third-order valence-electron chi connectivity index (χ3n) is 3.09. The molecule has 2 heterocycles. The van der Waals surface area contributed by atoms with Gasteiger partial charge in [-0.3, -0.25) is 4.68 Å². The van der Waals surface area contributed by atoms with Gasteiger partial charge in [-0.2, -0.15) is 5.10 Å². The van der Waals surface area contributed by atoms with Gasteiger partial charge in [0.25, 0.3) is 0 Å². The summed E-state index contributed by atoms with van der Waals surface area (Å²) in [5.41, 5.74) is 2.35. The Morgan fingerprint density at radius 2 is 2.22 bits per heavy atom. The summed E-state index contributed by atoms with van der Waals surface area (Å²) in [5, 5.41) is 21.1. The molecule has 7 heteroatoms. The summed E-state index contributed by atoms with van der Waals surface area (Å²) in [7, 11) is 1.82. The minimum Gasteiger partial charge on any atom is -0.476 e. The molecule has 94 valence electrons. The predicted octanol–water partition coefficient (Wildman–Crippen LogP) is 0.885. The van der Waals surface area contributed by atoms with Gasteiger partial charge in [0.05, 0.1) is 17.6 Å². The molecule has 0 spiro atoms. The molecule has 7 nitrogen and oxygen atoms in total. The maximum atomic E-state index is 11.2. The monoisotopic (exact) mass is 247 g/mol. The Kier molecular flexibility index (Phi) is 2.22. The third-order valence-corrected chi connectivity index (χ3v) is 3.09. The van der Waals surface area contributed by atoms with Crippen LogP contribution in [0.15, 0.2) is 6.20 Å². The van der Waals surface area contributed by atoms with Crippen molar-refractivity contribution >= 4 is 5.97 Å². The molecule has 2 aromatic heterocycles. The number of aromatic carboxylic acids is 1. The quantitative estimate of drug-likeness (QED) is 0.870. The van der Waals surface area contributed by atoms with E-state index in [1.54, 1.807) is 9.36 Å². The van der Waals surface area contributed by atoms with Crippen LogP contribution < -0.4 is 0 Å². The van der Waals surface area contributed by atoms with Crippen molar-refractivity contribution in [1.29, 1.82) is 0 Å². The molecular weight excluding hydrogens is 234 g/mol. The van der Waals surface area contributed by atoms with Gasteiger partial charge in [0.2, 0.25) is 0 Å². The van der Waals surface area contributed by atoms with E-state index in [0.29, 0.717) is 5.69 Å². The fraction of sp³-hybridized carbons (Fsp3) is 0.455. The third kappa shape index (κ3) is 1.59. The van der Waals surface area contributed by atoms with Crippen LogP contribution in [0.3, 0.4) is 0 Å². The molecular formula is C11H13N5O2. The lowest BCUT2D eigenvalue weighted by molar-refractivity contribution is 0.0689. The minimum atomic E-state index is -1.02. The molecule has 0 radical (unpaired) electrons. The first-order chi connectivity index (χ1) is 8.58. The first kappa shape index (κ1) is 10.9. The van der Waals surface area contributed by atoms with E-state index >= 15 is 0 Å². The summed E-state index contributed by atoms with van der Waals surface area (Å²) < 4.78 is 3.30. The van der Waals surface area contributed by atoms with E-state index in [0.717, 1.165) is 24.2 Å². The maximum Gasteiger partial charge on any atom is 0.358 e. The Labute approximate surface area is 103 Å². The fourth-order valence-corrected chi connectivity index (χ4v) is 2.14. The number of aromatic nitrogens is 5. The topological polar surface area (TPSA) is 85.8 Å². The minimum absolute atomic E-state index is 0.0563. The Bertz CT molecular complexity index is 623. The zero-order valence-electron chi connectivity index (χ0n) is 10.2. The zero-order chi connectivity index (χ0) is 12.9. The first-order valence-corrected chi connectivity index (χ1v) is 5.77. The fourth-order valence-electron chi connectivity index (χ4n) is 2.14. The summed E-state index contributed by atoms with van der Waals surface area (Å²) in [5.74, 6) is -0.768. The molecule has 0 atom stereocenters. The van der Waals surface area contributed by atoms with Crippen LogP contribution in [-0.4, -0.2) is 35.9 Å². The molecule has 1 aliphatic carbocycles. The van der Waals surface area contributed by atoms with Crippen LogP contribution in [0.25, 0.3) is 5.69 Å². The number of nitrogens with zero attached hydrogens (tertiary/aromatic N) is 5. The molecule has 0 aliphatic heterocycles. The van der Waals surface area contributed by atoms with Crippen molar-refractivity contribution in [3.05, 3.63) is 23.3 Å². The molecule has 3 rings (SSSR count). The molecule has 0 unspecified atom stereocenters. The highest BCUT2D eigenvalue weighted by molar-refractivity contribution is 5.87. The molecule has 1 fully saturated rings. The summed E-state index contributed by atoms with van der Waals surface area (Å²) in [6.45, 7) is 1.87. The van der Waals surface area contributed by atoms with Gasteiger partial charge in [0.15, 0.2) is 5.69 Å². The lowest BCUT2D eigenvalue weighted by Crippen LogP contribution is -2.06. The number of rotatable bonds is 3. The summed E-state index contributed by atoms with van der Waals surface area (Å²) >= 11 is 0. The Balaban J connectivity index is 2.17. The molecule has 1 N–H and O–H groups in total. The Morgan fingerprint density at radius 3 is 2.72 bits per heavy atom. The lowest BCUT2D eigenvalue weighted by atomic mass is 10.2. The molecule has 0 aromatic carbocycles. The van der Waals surface area contributed by atoms with Crippen molar-refractivity contribution in [2.24, 2.45) is 7.05 Å². The number of hydrogen-bond donors (Lipinski definition) is 1. The van der Waals surface area contributed by atoms with Crippen LogP contribution in [0, 0.1) is 6.92 Å². The van der Waals surface area contributed by atoms with Crippen LogP contribution in [0.1, 0.15) is 40.6 Å². The highest BCUT2D eigenvalue weighted by Gasteiger charge is 2.34. The number of carboxylic acid groups (broad SMARTS) is 1. The highest BCUT2D eigenvalue weighted by Crippen LogP contribution is 2.42. The van der Waals surface area contributed by atoms with Crippen molar-refractivity contribution in [2.75, 3.05) is 0 Å². The molecule has 1 saturated carbocycles. The first-order valence-electron chi connectivity index (χ1n) is 5.77. The van der Waals surface area contributed by atoms with Gasteiger partial charge in [0.1, 0.15) is 5.69 Å². The Hall–Kier alpha value is -2.18. The van der Waals surface area contributed by atoms with Crippen molar-refractivity contribution in [1.82, 2.24) is 24.8 Å². The SMILES string of the molecule is Cc1nn(C)cc1-n1nnc(C(=O)O)c1C1CC1. The number of aryl methyl sites for hydroxylation is 2. The normalized spacial score (nSPS) is 15.0. The van der Waals surface area contributed by atoms with Gasteiger partial charge in [-0.15, -0.1) is 5.10 Å². The van der Waals surface area contributed by atoms with Crippen LogP contribution >= 0.6 is 0 Å². The number of hydrogen-bond acceptors (Lipinski definition) is 4. The van der Waals surface area contributed by atoms with E-state index in [4.69, 9.17) is 5.11 Å². The van der Waals surface area contributed by atoms with Crippen LogP contribution in [0.4, 0.5) is 0 Å². The van der Waals surface area contributed by atoms with Crippen LogP contribution in [0.5, 0.6) is 0 Å². The number of carbonyl (C=O) groups is 1. The van der Waals surface area contributed by atoms with Gasteiger partial charge in [-0.1, -0.05) is 5.21 Å². The maximum absolute atomic E-state index is 11.2. The summed E-state index contributed by atoms with van der Waals surface area (Å²) in [6.07, 6.45) is 3.81. The Morgan fingerprint density at radius 1 is 1.50 bits per heavy atom. The van der Waals surface area contributed by atoms with Gasteiger partial charge in [0, 0.05) is 13.0 Å². The van der Waals surface area contributed by atoms with Gasteiger partial charge >= 0.3 is 5.97 Å². The van der Waals surface area contributed by atoms with Crippen molar-refractivity contribution in [2.45, 2.75) is 25.7 Å². The lowest BCUT2D eigenvalue weighted by Gasteiger charge is -2.03. The average molecular weight is 247 g/mol. The predicted molar refractivity (Wildman–Crippen MR) is 61.8 cm³/mol. The second-order valence-corrected chi connectivity index (χ2v) is 4.59. The smallest absolute Gasteiger partial charge is 0.358 e. The van der Waals surface area contributed by atoms with E-state index < -0.39 is 5.97 Å². The second kappa shape index (κ2) is 3.66. The zero-order valence-corrected chi connectivity index (χ0v) is 10.2. The van der Waals surface area contributed by atoms with Crippen LogP contribution in [0.2, 0.25) is 0 Å². The molecule has 1 aliphatic rings. The molecule has 0 saturated heterocycles. The van der Waals surface area contributed by atoms with Crippen molar-refractivity contribution in [3.63, 3.8) is 0 Å². The summed E-state index contributed by atoms with van der Waals surface area (Å²) in [6, 6.07) is 0. The summed E-state index contributed by atoms with van der Waals surface area (Å²) in [4.78, 5) is 11.2. The van der Waals surface area contributed by atoms with Crippen molar-refractivity contribution in [3.8, 4) is 5.69 Å². The van der Waals surface area contributed by atoms with E-state index in [2.05, 4.69) is 15.4 Å². The van der Waals surface area contributed by atoms with E-state index in [9.17, 15) is 4.79 Å². The van der Waals surface area contributed by atoms with E-state index in [1.165, 1.54) is 0 Å².